The van der Waals surface area contributed by atoms with E-state index in [-0.39, 0.29) is 46.8 Å². The fraction of sp³-hybridized carbons (Fsp3) is 0.972. The highest BCUT2D eigenvalue weighted by molar-refractivity contribution is 5.78. The van der Waals surface area contributed by atoms with Crippen molar-refractivity contribution in [2.45, 2.75) is 160 Å². The number of hydrogen-bond donors (Lipinski definition) is 9. The third kappa shape index (κ3) is 4.80. The Morgan fingerprint density at radius 3 is 2.17 bits per heavy atom. The Morgan fingerprint density at radius 1 is 0.896 bits per heavy atom. The molecule has 2 spiro atoms. The fourth-order valence-corrected chi connectivity index (χ4v) is 12.6. The molecule has 5 saturated carbocycles. The lowest BCUT2D eigenvalue weighted by molar-refractivity contribution is -0.300. The average Bonchev–Trinajstić information content (AvgIpc) is 3.64. The maximum atomic E-state index is 14.1. The summed E-state index contributed by atoms with van der Waals surface area (Å²) in [6.07, 6.45) is -6.03. The molecule has 0 radical (unpaired) electrons. The zero-order valence-corrected chi connectivity index (χ0v) is 29.3. The highest BCUT2D eigenvalue weighted by Gasteiger charge is 2.86. The summed E-state index contributed by atoms with van der Waals surface area (Å²) in [5.74, 6) is -0.852. The highest BCUT2D eigenvalue weighted by Crippen LogP contribution is 2.89. The minimum absolute atomic E-state index is 0.00534. The van der Waals surface area contributed by atoms with Crippen LogP contribution in [0, 0.1) is 50.7 Å². The normalized spacial score (nSPS) is 53.4. The van der Waals surface area contributed by atoms with Gasteiger partial charge < -0.3 is 55.4 Å². The molecular weight excluding hydrogens is 624 g/mol. The van der Waals surface area contributed by atoms with Gasteiger partial charge in [-0.15, -0.1) is 0 Å². The Kier molecular flexibility index (Phi) is 9.06. The summed E-state index contributed by atoms with van der Waals surface area (Å²) in [4.78, 5) is 14.1. The largest absolute Gasteiger partial charge is 0.432 e. The smallest absolute Gasteiger partial charge is 0.317 e. The summed E-state index contributed by atoms with van der Waals surface area (Å²) in [5, 5.41) is 96.1. The van der Waals surface area contributed by atoms with Gasteiger partial charge in [-0.05, 0) is 106 Å². The van der Waals surface area contributed by atoms with Gasteiger partial charge >= 0.3 is 5.97 Å². The first-order chi connectivity index (χ1) is 22.2. The van der Waals surface area contributed by atoms with Crippen molar-refractivity contribution in [1.82, 2.24) is 0 Å². The molecule has 0 aromatic carbocycles. The van der Waals surface area contributed by atoms with Gasteiger partial charge in [0, 0.05) is 18.3 Å². The van der Waals surface area contributed by atoms with Crippen LogP contribution in [0.1, 0.15) is 99.3 Å². The van der Waals surface area contributed by atoms with Crippen molar-refractivity contribution in [2.75, 3.05) is 6.61 Å². The van der Waals surface area contributed by atoms with Crippen LogP contribution in [0.2, 0.25) is 0 Å². The molecule has 1 heterocycles. The van der Waals surface area contributed by atoms with Gasteiger partial charge in [0.2, 0.25) is 6.29 Å². The van der Waals surface area contributed by atoms with E-state index in [1.807, 2.05) is 0 Å². The first kappa shape index (κ1) is 36.8. The van der Waals surface area contributed by atoms with E-state index in [1.165, 1.54) is 0 Å². The van der Waals surface area contributed by atoms with Gasteiger partial charge in [-0.3, -0.25) is 4.79 Å². The summed E-state index contributed by atoms with van der Waals surface area (Å²) in [5.41, 5.74) is -3.80. The minimum atomic E-state index is -1.76. The van der Waals surface area contributed by atoms with Crippen LogP contribution < -0.4 is 0 Å². The molecule has 1 aliphatic heterocycles. The van der Waals surface area contributed by atoms with Gasteiger partial charge in [0.1, 0.15) is 24.4 Å². The molecule has 0 amide bonds. The van der Waals surface area contributed by atoms with Gasteiger partial charge in [0.15, 0.2) is 0 Å². The van der Waals surface area contributed by atoms with Crippen LogP contribution in [0.25, 0.3) is 0 Å². The molecule has 5 aliphatic carbocycles. The molecule has 12 nitrogen and oxygen atoms in total. The van der Waals surface area contributed by atoms with Crippen LogP contribution in [-0.4, -0.2) is 119 Å². The number of fused-ring (bicyclic) bond motifs is 2. The van der Waals surface area contributed by atoms with Crippen molar-refractivity contribution in [2.24, 2.45) is 50.7 Å². The van der Waals surface area contributed by atoms with E-state index in [0.717, 1.165) is 38.5 Å². The molecule has 6 fully saturated rings. The van der Waals surface area contributed by atoms with Crippen LogP contribution in [0.3, 0.4) is 0 Å². The molecule has 12 heteroatoms. The molecule has 2 unspecified atom stereocenters. The lowest BCUT2D eigenvalue weighted by Crippen LogP contribution is -2.65. The number of ether oxygens (including phenoxy) is 2. The monoisotopic (exact) mass is 684 g/mol. The lowest BCUT2D eigenvalue weighted by atomic mass is 9.41. The molecule has 1 saturated heterocycles. The van der Waals surface area contributed by atoms with E-state index >= 15 is 0 Å². The predicted molar refractivity (Wildman–Crippen MR) is 171 cm³/mol. The summed E-state index contributed by atoms with van der Waals surface area (Å²) in [6, 6.07) is 0. The maximum Gasteiger partial charge on any atom is 0.317 e. The van der Waals surface area contributed by atoms with Gasteiger partial charge in [0.25, 0.3) is 0 Å². The Bertz CT molecular complexity index is 1240. The molecule has 0 aromatic rings. The number of esters is 1. The molecule has 9 N–H and O–H groups in total. The summed E-state index contributed by atoms with van der Waals surface area (Å²) >= 11 is 0. The highest BCUT2D eigenvalue weighted by atomic mass is 16.7. The summed E-state index contributed by atoms with van der Waals surface area (Å²) < 4.78 is 11.1. The van der Waals surface area contributed by atoms with Crippen LogP contribution in [-0.2, 0) is 14.3 Å². The van der Waals surface area contributed by atoms with Crippen molar-refractivity contribution in [3.63, 3.8) is 0 Å². The second kappa shape index (κ2) is 11.8. The number of rotatable bonds is 8. The van der Waals surface area contributed by atoms with E-state index in [1.54, 1.807) is 20.8 Å². The minimum Gasteiger partial charge on any atom is -0.432 e. The van der Waals surface area contributed by atoms with Gasteiger partial charge in [-0.1, -0.05) is 20.8 Å². The summed E-state index contributed by atoms with van der Waals surface area (Å²) in [6.45, 7) is 10.9. The third-order valence-electron chi connectivity index (χ3n) is 15.9. The molecule has 48 heavy (non-hydrogen) atoms. The Balaban J connectivity index is 1.25. The zero-order chi connectivity index (χ0) is 35.6. The number of hydrogen-bond acceptors (Lipinski definition) is 12. The van der Waals surface area contributed by atoms with Crippen molar-refractivity contribution < 1.29 is 60.2 Å². The molecular formula is C36H60O12. The van der Waals surface area contributed by atoms with E-state index < -0.39 is 90.0 Å². The zero-order valence-electron chi connectivity index (χ0n) is 29.3. The van der Waals surface area contributed by atoms with Crippen LogP contribution in [0.15, 0.2) is 0 Å². The average molecular weight is 685 g/mol. The van der Waals surface area contributed by atoms with Gasteiger partial charge in [0.05, 0.1) is 42.0 Å². The number of aliphatic hydroxyl groups is 9. The van der Waals surface area contributed by atoms with Gasteiger partial charge in [-0.25, -0.2) is 0 Å². The number of carbonyl (C=O) groups excluding carboxylic acids is 1. The second-order valence-corrected chi connectivity index (χ2v) is 18.0. The van der Waals surface area contributed by atoms with E-state index in [2.05, 4.69) is 20.8 Å². The first-order valence-electron chi connectivity index (χ1n) is 18.1. The molecule has 0 aromatic heterocycles. The lowest BCUT2D eigenvalue weighted by Gasteiger charge is -2.64. The molecule has 276 valence electrons. The quantitative estimate of drug-likeness (QED) is 0.161. The van der Waals surface area contributed by atoms with Crippen LogP contribution >= 0.6 is 0 Å². The van der Waals surface area contributed by atoms with E-state index in [9.17, 15) is 50.8 Å². The van der Waals surface area contributed by atoms with Crippen LogP contribution in [0.4, 0.5) is 0 Å². The topological polar surface area (TPSA) is 218 Å². The molecule has 6 aliphatic rings. The first-order valence-corrected chi connectivity index (χ1v) is 18.1. The number of carbonyl (C=O) groups is 1. The standard InChI is InChI=1S/C36H60O12/c1-17(19(38)13-23(39)31(2,3)46)18-9-10-33(5)21-7-8-22-34(6,30(45)48-29-28(44)27(43)26(42)20(15-37)47-29)24(40)14-25(41)36(22)16-35(21,36)12-11-32(18,33)4/h17-29,37-44,46H,7-16H2,1-6H3/t17-,18+,19-,20-,21?,22?,23-,24-,25-,26-,27+,28-,29+,32+,33-,34-,35-,36+/m0/s1. The predicted octanol–water partition coefficient (Wildman–Crippen LogP) is 0.599. The van der Waals surface area contributed by atoms with E-state index in [0.29, 0.717) is 6.42 Å². The van der Waals surface area contributed by atoms with Crippen LogP contribution in [0.5, 0.6) is 0 Å². The van der Waals surface area contributed by atoms with Crippen molar-refractivity contribution in [3.05, 3.63) is 0 Å². The second-order valence-electron chi connectivity index (χ2n) is 18.0. The Morgan fingerprint density at radius 2 is 1.54 bits per heavy atom. The SMILES string of the molecule is C[C@@H]([C@H]1CC[C@@]2(C)C3CCC4[C@](C)(C(=O)O[C@H]5O[C@@H](CO)[C@H](O)[C@@H](O)[C@@H]5O)[C@@H](O)C[C@H](O)[C@@]45C[C@@]35CC[C@]12C)[C@@H](O)C[C@H](O)C(C)(C)O. The molecule has 18 atom stereocenters. The van der Waals surface area contributed by atoms with Crippen molar-refractivity contribution in [1.29, 1.82) is 0 Å². The molecule has 6 rings (SSSR count). The van der Waals surface area contributed by atoms with Crippen molar-refractivity contribution in [3.8, 4) is 0 Å². The third-order valence-corrected chi connectivity index (χ3v) is 15.9. The maximum absolute atomic E-state index is 14.1. The fourth-order valence-electron chi connectivity index (χ4n) is 12.6. The summed E-state index contributed by atoms with van der Waals surface area (Å²) in [7, 11) is 0. The van der Waals surface area contributed by atoms with Gasteiger partial charge in [-0.2, -0.15) is 0 Å². The molecule has 0 bridgehead atoms. The Labute approximate surface area is 283 Å². The number of aliphatic hydroxyl groups excluding tert-OH is 8. The van der Waals surface area contributed by atoms with Crippen molar-refractivity contribution >= 4 is 5.97 Å². The van der Waals surface area contributed by atoms with E-state index in [4.69, 9.17) is 9.47 Å². The Hall–Kier alpha value is -0.930.